The molecule has 2 aliphatic heterocycles. The summed E-state index contributed by atoms with van der Waals surface area (Å²) in [4.78, 5) is 30.0. The van der Waals surface area contributed by atoms with E-state index in [4.69, 9.17) is 4.74 Å². The van der Waals surface area contributed by atoms with Crippen molar-refractivity contribution < 1.29 is 27.5 Å². The molecular formula is C19H20F3N3O3. The normalized spacial score (nSPS) is 27.8. The summed E-state index contributed by atoms with van der Waals surface area (Å²) >= 11 is 0. The van der Waals surface area contributed by atoms with Gasteiger partial charge in [0.25, 0.3) is 5.91 Å². The van der Waals surface area contributed by atoms with Crippen molar-refractivity contribution in [2.45, 2.75) is 43.6 Å². The van der Waals surface area contributed by atoms with Crippen LogP contribution in [-0.2, 0) is 14.3 Å². The number of alkyl halides is 3. The van der Waals surface area contributed by atoms with Gasteiger partial charge in [0.2, 0.25) is 5.91 Å². The standard InChI is InChI=1S/C19H20F3N3O3/c20-19(21,22)18(24-16(26)13-8-9-13)17(27)25(11-14-7-4-10-28-14)15(23-18)12-5-2-1-3-6-12/h1-3,5-6,13-14H,4,7-11H2,(H,24,26). The van der Waals surface area contributed by atoms with Crippen molar-refractivity contribution in [1.82, 2.24) is 10.2 Å². The Morgan fingerprint density at radius 2 is 1.96 bits per heavy atom. The third kappa shape index (κ3) is 3.28. The van der Waals surface area contributed by atoms with Crippen molar-refractivity contribution in [2.75, 3.05) is 13.2 Å². The molecule has 2 fully saturated rings. The van der Waals surface area contributed by atoms with Gasteiger partial charge in [0.05, 0.1) is 12.6 Å². The van der Waals surface area contributed by atoms with Gasteiger partial charge in [-0.1, -0.05) is 30.3 Å². The Bertz CT molecular complexity index is 802. The molecule has 9 heteroatoms. The Kier molecular flexibility index (Phi) is 4.65. The second-order valence-corrected chi connectivity index (χ2v) is 7.32. The van der Waals surface area contributed by atoms with Crippen LogP contribution in [0.25, 0.3) is 0 Å². The van der Waals surface area contributed by atoms with Gasteiger partial charge < -0.3 is 10.1 Å². The first-order valence-electron chi connectivity index (χ1n) is 9.29. The zero-order valence-corrected chi connectivity index (χ0v) is 15.0. The van der Waals surface area contributed by atoms with Gasteiger partial charge in [0, 0.05) is 18.1 Å². The lowest BCUT2D eigenvalue weighted by Gasteiger charge is -2.29. The Morgan fingerprint density at radius 1 is 1.25 bits per heavy atom. The van der Waals surface area contributed by atoms with Crippen LogP contribution in [0.3, 0.4) is 0 Å². The van der Waals surface area contributed by atoms with Crippen molar-refractivity contribution in [3.63, 3.8) is 0 Å². The average molecular weight is 395 g/mol. The summed E-state index contributed by atoms with van der Waals surface area (Å²) < 4.78 is 47.8. The van der Waals surface area contributed by atoms with E-state index in [-0.39, 0.29) is 18.5 Å². The number of amidine groups is 1. The maximum Gasteiger partial charge on any atom is 0.442 e. The van der Waals surface area contributed by atoms with Crippen LogP contribution < -0.4 is 5.32 Å². The van der Waals surface area contributed by atoms with Gasteiger partial charge >= 0.3 is 11.8 Å². The van der Waals surface area contributed by atoms with E-state index in [0.717, 1.165) is 11.3 Å². The number of nitrogens with one attached hydrogen (secondary N) is 1. The lowest BCUT2D eigenvalue weighted by Crippen LogP contribution is -2.64. The molecule has 1 saturated carbocycles. The highest BCUT2D eigenvalue weighted by Crippen LogP contribution is 2.40. The minimum atomic E-state index is -5.07. The number of hydrogen-bond acceptors (Lipinski definition) is 4. The predicted octanol–water partition coefficient (Wildman–Crippen LogP) is 2.24. The van der Waals surface area contributed by atoms with Gasteiger partial charge in [0.1, 0.15) is 5.84 Å². The molecule has 2 heterocycles. The Balaban J connectivity index is 1.75. The summed E-state index contributed by atoms with van der Waals surface area (Å²) in [6, 6.07) is 8.20. The van der Waals surface area contributed by atoms with E-state index in [9.17, 15) is 22.8 Å². The number of hydrogen-bond donors (Lipinski definition) is 1. The smallest absolute Gasteiger partial charge is 0.376 e. The maximum absolute atomic E-state index is 14.1. The first kappa shape index (κ1) is 18.9. The highest BCUT2D eigenvalue weighted by Gasteiger charge is 2.67. The number of halogens is 3. The lowest BCUT2D eigenvalue weighted by atomic mass is 10.1. The van der Waals surface area contributed by atoms with Crippen LogP contribution in [0.15, 0.2) is 35.3 Å². The molecule has 2 atom stereocenters. The third-order valence-corrected chi connectivity index (χ3v) is 5.19. The molecule has 2 amide bonds. The molecule has 1 aromatic rings. The van der Waals surface area contributed by atoms with Crippen LogP contribution in [0, 0.1) is 5.92 Å². The quantitative estimate of drug-likeness (QED) is 0.831. The Morgan fingerprint density at radius 3 is 2.54 bits per heavy atom. The number of benzene rings is 1. The van der Waals surface area contributed by atoms with Gasteiger partial charge in [-0.2, -0.15) is 13.2 Å². The molecular weight excluding hydrogens is 375 g/mol. The van der Waals surface area contributed by atoms with Crippen LogP contribution in [0.5, 0.6) is 0 Å². The third-order valence-electron chi connectivity index (χ3n) is 5.19. The molecule has 0 spiro atoms. The van der Waals surface area contributed by atoms with E-state index in [1.807, 2.05) is 5.32 Å². The highest BCUT2D eigenvalue weighted by atomic mass is 19.4. The van der Waals surface area contributed by atoms with Crippen molar-refractivity contribution in [2.24, 2.45) is 10.9 Å². The Labute approximate surface area is 159 Å². The minimum Gasteiger partial charge on any atom is -0.376 e. The first-order valence-corrected chi connectivity index (χ1v) is 9.29. The van der Waals surface area contributed by atoms with Crippen molar-refractivity contribution in [3.05, 3.63) is 35.9 Å². The molecule has 1 N–H and O–H groups in total. The van der Waals surface area contributed by atoms with Gasteiger partial charge in [-0.3, -0.25) is 14.5 Å². The number of aliphatic imine (C=N–C) groups is 1. The van der Waals surface area contributed by atoms with E-state index in [1.165, 1.54) is 0 Å². The van der Waals surface area contributed by atoms with Crippen LogP contribution >= 0.6 is 0 Å². The number of carbonyl (C=O) groups excluding carboxylic acids is 2. The first-order chi connectivity index (χ1) is 13.3. The number of amides is 2. The van der Waals surface area contributed by atoms with E-state index >= 15 is 0 Å². The maximum atomic E-state index is 14.1. The summed E-state index contributed by atoms with van der Waals surface area (Å²) in [7, 11) is 0. The number of ether oxygens (including phenoxy) is 1. The number of carbonyl (C=O) groups is 2. The highest BCUT2D eigenvalue weighted by molar-refractivity contribution is 6.16. The van der Waals surface area contributed by atoms with Crippen LogP contribution in [0.1, 0.15) is 31.2 Å². The van der Waals surface area contributed by atoms with E-state index in [1.54, 1.807) is 30.3 Å². The molecule has 0 radical (unpaired) electrons. The SMILES string of the molecule is O=C(NC1(C(F)(F)F)N=C(c2ccccc2)N(CC2CCCO2)C1=O)C1CC1. The van der Waals surface area contributed by atoms with Crippen LogP contribution in [0.2, 0.25) is 0 Å². The predicted molar refractivity (Wildman–Crippen MR) is 93.3 cm³/mol. The van der Waals surface area contributed by atoms with Gasteiger partial charge in [-0.25, -0.2) is 4.99 Å². The van der Waals surface area contributed by atoms with Crippen molar-refractivity contribution in [3.8, 4) is 0 Å². The molecule has 3 aliphatic rings. The molecule has 1 saturated heterocycles. The Hall–Kier alpha value is -2.42. The summed E-state index contributed by atoms with van der Waals surface area (Å²) in [5.41, 5.74) is -2.92. The second-order valence-electron chi connectivity index (χ2n) is 7.32. The van der Waals surface area contributed by atoms with Crippen LogP contribution in [0.4, 0.5) is 13.2 Å². The van der Waals surface area contributed by atoms with E-state index in [0.29, 0.717) is 31.4 Å². The fourth-order valence-electron chi connectivity index (χ4n) is 3.49. The number of rotatable bonds is 5. The zero-order valence-electron chi connectivity index (χ0n) is 15.0. The summed E-state index contributed by atoms with van der Waals surface area (Å²) in [6.45, 7) is 0.469. The molecule has 150 valence electrons. The minimum absolute atomic E-state index is 0.0380. The molecule has 1 aromatic carbocycles. The topological polar surface area (TPSA) is 71.0 Å². The van der Waals surface area contributed by atoms with Crippen LogP contribution in [-0.4, -0.2) is 53.6 Å². The summed E-state index contributed by atoms with van der Waals surface area (Å²) in [6.07, 6.45) is -2.96. The second kappa shape index (κ2) is 6.88. The molecule has 28 heavy (non-hydrogen) atoms. The lowest BCUT2D eigenvalue weighted by molar-refractivity contribution is -0.200. The van der Waals surface area contributed by atoms with Crippen molar-refractivity contribution in [1.29, 1.82) is 0 Å². The van der Waals surface area contributed by atoms with Gasteiger partial charge in [-0.05, 0) is 25.7 Å². The van der Waals surface area contributed by atoms with E-state index in [2.05, 4.69) is 4.99 Å². The monoisotopic (exact) mass is 395 g/mol. The fourth-order valence-corrected chi connectivity index (χ4v) is 3.49. The summed E-state index contributed by atoms with van der Waals surface area (Å²) in [5.74, 6) is -2.67. The fraction of sp³-hybridized carbons (Fsp3) is 0.526. The molecule has 2 unspecified atom stereocenters. The van der Waals surface area contributed by atoms with E-state index < -0.39 is 29.6 Å². The molecule has 1 aliphatic carbocycles. The molecule has 0 bridgehead atoms. The average Bonchev–Trinajstić information content (AvgIpc) is 3.32. The molecule has 6 nitrogen and oxygen atoms in total. The molecule has 4 rings (SSSR count). The van der Waals surface area contributed by atoms with Gasteiger partial charge in [0.15, 0.2) is 0 Å². The van der Waals surface area contributed by atoms with Crippen molar-refractivity contribution >= 4 is 17.6 Å². The molecule has 0 aromatic heterocycles. The van der Waals surface area contributed by atoms with Gasteiger partial charge in [-0.15, -0.1) is 0 Å². The largest absolute Gasteiger partial charge is 0.442 e. The zero-order chi connectivity index (χ0) is 19.9. The summed E-state index contributed by atoms with van der Waals surface area (Å²) in [5, 5.41) is 1.92. The number of nitrogens with zero attached hydrogens (tertiary/aromatic N) is 2.